The quantitative estimate of drug-likeness (QED) is 0.590. The molecule has 25 heavy (non-hydrogen) atoms. The minimum atomic E-state index is -0.113. The lowest BCUT2D eigenvalue weighted by atomic mass is 10.1. The Morgan fingerprint density at radius 2 is 2.04 bits per heavy atom. The molecule has 0 spiro atoms. The van der Waals surface area contributed by atoms with Gasteiger partial charge in [0.2, 0.25) is 5.91 Å². The van der Waals surface area contributed by atoms with Gasteiger partial charge in [0, 0.05) is 22.8 Å². The molecule has 0 bridgehead atoms. The van der Waals surface area contributed by atoms with Crippen LogP contribution >= 0.6 is 27.7 Å². The van der Waals surface area contributed by atoms with Crippen molar-refractivity contribution in [1.29, 1.82) is 0 Å². The standard InChI is InChI=1S/C18H17BrN4OS/c1-12-15(9-13-5-3-2-4-6-13)22-18(21-12)25-11-17(24)23-16-8-7-14(19)10-20-16/h2-8,10H,9,11H2,1H3,(H,21,22)(H,20,23,24). The third-order valence-corrected chi connectivity index (χ3v) is 4.86. The Bertz CT molecular complexity index is 849. The zero-order valence-corrected chi connectivity index (χ0v) is 16.0. The van der Waals surface area contributed by atoms with Gasteiger partial charge in [0.05, 0.1) is 11.4 Å². The van der Waals surface area contributed by atoms with Crippen LogP contribution in [0.3, 0.4) is 0 Å². The van der Waals surface area contributed by atoms with Gasteiger partial charge in [-0.15, -0.1) is 0 Å². The number of carbonyl (C=O) groups is 1. The molecule has 1 amide bonds. The third kappa shape index (κ3) is 5.17. The number of benzene rings is 1. The van der Waals surface area contributed by atoms with Crippen LogP contribution in [0.4, 0.5) is 5.82 Å². The predicted octanol–water partition coefficient (Wildman–Crippen LogP) is 4.20. The number of thioether (sulfide) groups is 1. The lowest BCUT2D eigenvalue weighted by molar-refractivity contribution is -0.113. The van der Waals surface area contributed by atoms with Crippen LogP contribution in [0.2, 0.25) is 0 Å². The molecule has 128 valence electrons. The number of halogens is 1. The monoisotopic (exact) mass is 416 g/mol. The van der Waals surface area contributed by atoms with Crippen LogP contribution in [0.15, 0.2) is 58.3 Å². The molecule has 0 aliphatic heterocycles. The smallest absolute Gasteiger partial charge is 0.236 e. The molecule has 0 aliphatic rings. The summed E-state index contributed by atoms with van der Waals surface area (Å²) in [4.78, 5) is 24.0. The molecule has 0 atom stereocenters. The highest BCUT2D eigenvalue weighted by Crippen LogP contribution is 2.19. The predicted molar refractivity (Wildman–Crippen MR) is 104 cm³/mol. The van der Waals surface area contributed by atoms with Crippen molar-refractivity contribution in [2.75, 3.05) is 11.1 Å². The van der Waals surface area contributed by atoms with Crippen molar-refractivity contribution < 1.29 is 4.79 Å². The maximum absolute atomic E-state index is 12.0. The molecule has 5 nitrogen and oxygen atoms in total. The van der Waals surface area contributed by atoms with Gasteiger partial charge in [-0.2, -0.15) is 0 Å². The molecule has 0 radical (unpaired) electrons. The number of rotatable bonds is 6. The lowest BCUT2D eigenvalue weighted by Gasteiger charge is -2.03. The molecular weight excluding hydrogens is 400 g/mol. The number of hydrogen-bond acceptors (Lipinski definition) is 4. The van der Waals surface area contributed by atoms with E-state index in [1.165, 1.54) is 17.3 Å². The number of aryl methyl sites for hydroxylation is 1. The molecule has 0 fully saturated rings. The molecule has 7 heteroatoms. The van der Waals surface area contributed by atoms with Crippen molar-refractivity contribution in [2.24, 2.45) is 0 Å². The number of H-pyrrole nitrogens is 1. The summed E-state index contributed by atoms with van der Waals surface area (Å²) in [7, 11) is 0. The first-order valence-corrected chi connectivity index (χ1v) is 9.51. The van der Waals surface area contributed by atoms with Crippen molar-refractivity contribution in [1.82, 2.24) is 15.0 Å². The molecule has 3 rings (SSSR count). The number of pyridine rings is 1. The SMILES string of the molecule is Cc1[nH]c(SCC(=O)Nc2ccc(Br)cn2)nc1Cc1ccccc1. The first-order valence-electron chi connectivity index (χ1n) is 7.74. The minimum absolute atomic E-state index is 0.113. The minimum Gasteiger partial charge on any atom is -0.337 e. The Kier molecular flexibility index (Phi) is 5.88. The maximum atomic E-state index is 12.0. The van der Waals surface area contributed by atoms with Crippen LogP contribution in [-0.2, 0) is 11.2 Å². The molecule has 1 aromatic carbocycles. The van der Waals surface area contributed by atoms with E-state index in [4.69, 9.17) is 0 Å². The van der Waals surface area contributed by atoms with E-state index in [9.17, 15) is 4.79 Å². The molecule has 0 aliphatic carbocycles. The van der Waals surface area contributed by atoms with Gasteiger partial charge >= 0.3 is 0 Å². The van der Waals surface area contributed by atoms with Crippen molar-refractivity contribution in [2.45, 2.75) is 18.5 Å². The fraction of sp³-hybridized carbons (Fsp3) is 0.167. The number of imidazole rings is 1. The largest absolute Gasteiger partial charge is 0.337 e. The molecule has 2 N–H and O–H groups in total. The second-order valence-electron chi connectivity index (χ2n) is 5.47. The number of nitrogens with zero attached hydrogens (tertiary/aromatic N) is 2. The zero-order valence-electron chi connectivity index (χ0n) is 13.6. The second-order valence-corrected chi connectivity index (χ2v) is 7.35. The number of aromatic amines is 1. The molecule has 0 saturated heterocycles. The topological polar surface area (TPSA) is 70.7 Å². The first-order chi connectivity index (χ1) is 12.1. The molecular formula is C18H17BrN4OS. The summed E-state index contributed by atoms with van der Waals surface area (Å²) in [5, 5.41) is 3.52. The number of nitrogens with one attached hydrogen (secondary N) is 2. The Morgan fingerprint density at radius 3 is 2.76 bits per heavy atom. The van der Waals surface area contributed by atoms with Crippen LogP contribution in [0.25, 0.3) is 0 Å². The van der Waals surface area contributed by atoms with Gasteiger partial charge in [0.1, 0.15) is 5.82 Å². The molecule has 2 aromatic heterocycles. The highest BCUT2D eigenvalue weighted by Gasteiger charge is 2.10. The Hall–Kier alpha value is -2.12. The van der Waals surface area contributed by atoms with Gasteiger partial charge in [-0.05, 0) is 40.5 Å². The van der Waals surface area contributed by atoms with Gasteiger partial charge in [-0.3, -0.25) is 4.79 Å². The Balaban J connectivity index is 1.55. The number of carbonyl (C=O) groups excluding carboxylic acids is 1. The molecule has 2 heterocycles. The summed E-state index contributed by atoms with van der Waals surface area (Å²) in [6.07, 6.45) is 2.42. The summed E-state index contributed by atoms with van der Waals surface area (Å²) in [5.41, 5.74) is 3.25. The highest BCUT2D eigenvalue weighted by atomic mass is 79.9. The number of amides is 1. The van der Waals surface area contributed by atoms with Crippen molar-refractivity contribution in [3.63, 3.8) is 0 Å². The van der Waals surface area contributed by atoms with E-state index in [0.29, 0.717) is 5.82 Å². The molecule has 0 saturated carbocycles. The van der Waals surface area contributed by atoms with Gasteiger partial charge in [-0.1, -0.05) is 42.1 Å². The van der Waals surface area contributed by atoms with Crippen LogP contribution in [0.1, 0.15) is 17.0 Å². The summed E-state index contributed by atoms with van der Waals surface area (Å²) in [6.45, 7) is 2.00. The number of aromatic nitrogens is 3. The Morgan fingerprint density at radius 1 is 1.24 bits per heavy atom. The summed E-state index contributed by atoms with van der Waals surface area (Å²) < 4.78 is 0.872. The van der Waals surface area contributed by atoms with Gasteiger partial charge in [-0.25, -0.2) is 9.97 Å². The average molecular weight is 417 g/mol. The van der Waals surface area contributed by atoms with Crippen molar-refractivity contribution in [3.8, 4) is 0 Å². The van der Waals surface area contributed by atoms with Crippen molar-refractivity contribution >= 4 is 39.4 Å². The summed E-state index contributed by atoms with van der Waals surface area (Å²) >= 11 is 4.69. The van der Waals surface area contributed by atoms with Gasteiger partial charge < -0.3 is 10.3 Å². The van der Waals surface area contributed by atoms with E-state index in [-0.39, 0.29) is 11.7 Å². The zero-order chi connectivity index (χ0) is 17.6. The number of anilines is 1. The van der Waals surface area contributed by atoms with Gasteiger partial charge in [0.15, 0.2) is 5.16 Å². The second kappa shape index (κ2) is 8.31. The van der Waals surface area contributed by atoms with E-state index in [2.05, 4.69) is 48.3 Å². The van der Waals surface area contributed by atoms with E-state index in [1.807, 2.05) is 31.2 Å². The normalized spacial score (nSPS) is 10.6. The van der Waals surface area contributed by atoms with E-state index >= 15 is 0 Å². The molecule has 0 unspecified atom stereocenters. The molecule has 3 aromatic rings. The van der Waals surface area contributed by atoms with Crippen molar-refractivity contribution in [3.05, 3.63) is 70.1 Å². The van der Waals surface area contributed by atoms with E-state index in [1.54, 1.807) is 12.3 Å². The average Bonchev–Trinajstić information content (AvgIpc) is 2.96. The fourth-order valence-electron chi connectivity index (χ4n) is 2.26. The summed E-state index contributed by atoms with van der Waals surface area (Å²) in [5.74, 6) is 0.697. The summed E-state index contributed by atoms with van der Waals surface area (Å²) in [6, 6.07) is 13.8. The van der Waals surface area contributed by atoms with Crippen LogP contribution in [-0.4, -0.2) is 26.6 Å². The van der Waals surface area contributed by atoms with Crippen LogP contribution in [0.5, 0.6) is 0 Å². The van der Waals surface area contributed by atoms with Gasteiger partial charge in [0.25, 0.3) is 0 Å². The maximum Gasteiger partial charge on any atom is 0.236 e. The number of hydrogen-bond donors (Lipinski definition) is 2. The first kappa shape index (κ1) is 17.7. The highest BCUT2D eigenvalue weighted by molar-refractivity contribution is 9.10. The lowest BCUT2D eigenvalue weighted by Crippen LogP contribution is -2.14. The van der Waals surface area contributed by atoms with E-state index < -0.39 is 0 Å². The van der Waals surface area contributed by atoms with Crippen LogP contribution < -0.4 is 5.32 Å². The Labute approximate surface area is 158 Å². The van der Waals surface area contributed by atoms with E-state index in [0.717, 1.165) is 27.4 Å². The fourth-order valence-corrected chi connectivity index (χ4v) is 3.23. The van der Waals surface area contributed by atoms with Crippen LogP contribution in [0, 0.1) is 6.92 Å². The third-order valence-electron chi connectivity index (χ3n) is 3.51.